The third-order valence-corrected chi connectivity index (χ3v) is 12.5. The molecular weight excluding hydrogens is 368 g/mol. The first-order valence-corrected chi connectivity index (χ1v) is 12.3. The molecule has 2 nitrogen and oxygen atoms in total. The van der Waals surface area contributed by atoms with Crippen LogP contribution in [-0.2, 0) is 16.6 Å². The van der Waals surface area contributed by atoms with Crippen molar-refractivity contribution in [2.24, 2.45) is 0 Å². The topological polar surface area (TPSA) is 34.1 Å². The molecule has 0 amide bonds. The monoisotopic (exact) mass is 388 g/mol. The van der Waals surface area contributed by atoms with Crippen LogP contribution in [0.15, 0.2) is 105 Å². The number of benzene rings is 2. The first kappa shape index (κ1) is 17.8. The van der Waals surface area contributed by atoms with Gasteiger partial charge in [0, 0.05) is 0 Å². The summed E-state index contributed by atoms with van der Waals surface area (Å²) in [5.41, 5.74) is 1.28. The van der Waals surface area contributed by atoms with Gasteiger partial charge in [0.05, 0.1) is 0 Å². The van der Waals surface area contributed by atoms with Crippen LogP contribution in [0.5, 0.6) is 0 Å². The van der Waals surface area contributed by atoms with E-state index in [-0.39, 0.29) is 8.18 Å². The van der Waals surface area contributed by atoms with Crippen molar-refractivity contribution < 1.29 is 26.2 Å². The summed E-state index contributed by atoms with van der Waals surface area (Å²) < 4.78 is 2.14. The van der Waals surface area contributed by atoms with Crippen molar-refractivity contribution in [2.75, 3.05) is 0 Å². The molecule has 0 bridgehead atoms. The van der Waals surface area contributed by atoms with Crippen LogP contribution in [0.1, 0.15) is 33.6 Å². The van der Waals surface area contributed by atoms with E-state index in [0.29, 0.717) is 24.0 Å². The summed E-state index contributed by atoms with van der Waals surface area (Å²) in [7, 11) is 0. The quantitative estimate of drug-likeness (QED) is 0.612. The fourth-order valence-electron chi connectivity index (χ4n) is 3.96. The molecule has 0 radical (unpaired) electrons. The minimum atomic E-state index is -4.00. The van der Waals surface area contributed by atoms with E-state index in [0.717, 1.165) is 7.76 Å². The van der Waals surface area contributed by atoms with Gasteiger partial charge in [0.1, 0.15) is 0 Å². The Hall–Kier alpha value is -2.55. The van der Waals surface area contributed by atoms with E-state index in [1.54, 1.807) is 0 Å². The van der Waals surface area contributed by atoms with Gasteiger partial charge in [-0.25, -0.2) is 0 Å². The van der Waals surface area contributed by atoms with Gasteiger partial charge in [-0.3, -0.25) is 0 Å². The molecule has 0 N–H and O–H groups in total. The van der Waals surface area contributed by atoms with Gasteiger partial charge in [-0.2, -0.15) is 0 Å². The van der Waals surface area contributed by atoms with Gasteiger partial charge >= 0.3 is 163 Å². The minimum absolute atomic E-state index is 0.0364. The molecule has 0 spiro atoms. The SMILES string of the molecule is O=[C](c1ccccc1)[Ti]([C](=O)c1ccccc1)([C]1=CC=CC1)[C]1=CC=CC1. The molecule has 2 aliphatic carbocycles. The van der Waals surface area contributed by atoms with E-state index in [1.807, 2.05) is 85.0 Å². The second-order valence-electron chi connectivity index (χ2n) is 6.79. The molecule has 0 saturated carbocycles. The molecular formula is C24H20O2Ti. The van der Waals surface area contributed by atoms with Gasteiger partial charge in [-0.15, -0.1) is 0 Å². The van der Waals surface area contributed by atoms with Gasteiger partial charge in [-0.1, -0.05) is 0 Å². The van der Waals surface area contributed by atoms with Crippen LogP contribution in [0.3, 0.4) is 0 Å². The van der Waals surface area contributed by atoms with E-state index in [9.17, 15) is 9.59 Å². The summed E-state index contributed by atoms with van der Waals surface area (Å²) in [6, 6.07) is 18.6. The van der Waals surface area contributed by atoms with Crippen LogP contribution in [0, 0.1) is 0 Å². The Bertz CT molecular complexity index is 912. The average molecular weight is 388 g/mol. The average Bonchev–Trinajstić information content (AvgIpc) is 3.45. The van der Waals surface area contributed by atoms with Gasteiger partial charge in [0.15, 0.2) is 0 Å². The second kappa shape index (κ2) is 7.60. The zero-order chi connectivity index (χ0) is 18.7. The zero-order valence-electron chi connectivity index (χ0n) is 15.0. The number of hydrogen-bond donors (Lipinski definition) is 0. The molecule has 0 atom stereocenters. The first-order valence-electron chi connectivity index (χ1n) is 9.16. The third kappa shape index (κ3) is 3.05. The third-order valence-electron chi connectivity index (χ3n) is 5.26. The molecule has 2 aliphatic rings. The van der Waals surface area contributed by atoms with Crippen molar-refractivity contribution >= 4 is 8.18 Å². The molecule has 0 heterocycles. The molecule has 132 valence electrons. The molecule has 0 aliphatic heterocycles. The van der Waals surface area contributed by atoms with Gasteiger partial charge < -0.3 is 0 Å². The van der Waals surface area contributed by atoms with Crippen molar-refractivity contribution in [3.63, 3.8) is 0 Å². The van der Waals surface area contributed by atoms with Crippen LogP contribution in [0.2, 0.25) is 0 Å². The van der Waals surface area contributed by atoms with Crippen LogP contribution in [0.25, 0.3) is 0 Å². The number of allylic oxidation sites excluding steroid dienone is 8. The molecule has 2 aromatic carbocycles. The second-order valence-corrected chi connectivity index (χ2v) is 12.6. The number of carbonyl (C=O) groups excluding carboxylic acids is 2. The van der Waals surface area contributed by atoms with E-state index in [4.69, 9.17) is 0 Å². The van der Waals surface area contributed by atoms with Crippen LogP contribution in [-0.4, -0.2) is 8.18 Å². The molecule has 2 aromatic rings. The Kier molecular flexibility index (Phi) is 5.02. The number of carbonyl (C=O) groups is 2. The summed E-state index contributed by atoms with van der Waals surface area (Å²) in [5, 5.41) is 0. The molecule has 0 fully saturated rings. The summed E-state index contributed by atoms with van der Waals surface area (Å²) in [6.45, 7) is 0. The summed E-state index contributed by atoms with van der Waals surface area (Å²) in [6.07, 6.45) is 13.5. The van der Waals surface area contributed by atoms with E-state index in [2.05, 4.69) is 12.2 Å². The molecule has 0 saturated heterocycles. The van der Waals surface area contributed by atoms with E-state index < -0.39 is 16.6 Å². The van der Waals surface area contributed by atoms with E-state index >= 15 is 0 Å². The van der Waals surface area contributed by atoms with Gasteiger partial charge in [-0.05, 0) is 0 Å². The standard InChI is InChI=1S/2C7H5O.2C5H5.Ti/c2*8-6-7-4-2-1-3-5-7;2*1-2-4-5-3-1;/h2*1-5H;2*1-3H,4H2;. The molecule has 3 heteroatoms. The summed E-state index contributed by atoms with van der Waals surface area (Å²) >= 11 is -4.00. The molecule has 4 rings (SSSR count). The fourth-order valence-corrected chi connectivity index (χ4v) is 11.0. The van der Waals surface area contributed by atoms with Gasteiger partial charge in [0.2, 0.25) is 0 Å². The Morgan fingerprint density at radius 3 is 1.37 bits per heavy atom. The Balaban J connectivity index is 1.95. The Morgan fingerprint density at radius 1 is 0.630 bits per heavy atom. The van der Waals surface area contributed by atoms with E-state index in [1.165, 1.54) is 0 Å². The van der Waals surface area contributed by atoms with Crippen molar-refractivity contribution in [2.45, 2.75) is 12.8 Å². The van der Waals surface area contributed by atoms with Crippen molar-refractivity contribution in [3.8, 4) is 0 Å². The summed E-state index contributed by atoms with van der Waals surface area (Å²) in [5.74, 6) is 0. The van der Waals surface area contributed by atoms with Crippen molar-refractivity contribution in [1.82, 2.24) is 0 Å². The first-order chi connectivity index (χ1) is 13.2. The maximum absolute atomic E-state index is 14.0. The predicted octanol–water partition coefficient (Wildman–Crippen LogP) is 5.51. The number of rotatable bonds is 6. The zero-order valence-corrected chi connectivity index (χ0v) is 16.5. The fraction of sp³-hybridized carbons (Fsp3) is 0.0833. The van der Waals surface area contributed by atoms with Crippen molar-refractivity contribution in [3.05, 3.63) is 116 Å². The Morgan fingerprint density at radius 2 is 1.04 bits per heavy atom. The molecule has 0 unspecified atom stereocenters. The predicted molar refractivity (Wildman–Crippen MR) is 105 cm³/mol. The summed E-state index contributed by atoms with van der Waals surface area (Å²) in [4.78, 5) is 28.0. The molecule has 0 aromatic heterocycles. The van der Waals surface area contributed by atoms with Crippen molar-refractivity contribution in [1.29, 1.82) is 0 Å². The maximum atomic E-state index is 14.0. The van der Waals surface area contributed by atoms with Gasteiger partial charge in [0.25, 0.3) is 0 Å². The molecule has 27 heavy (non-hydrogen) atoms. The Labute approximate surface area is 163 Å². The van der Waals surface area contributed by atoms with Crippen LogP contribution >= 0.6 is 0 Å². The van der Waals surface area contributed by atoms with Crippen LogP contribution < -0.4 is 0 Å². The normalized spacial score (nSPS) is 15.6. The van der Waals surface area contributed by atoms with Crippen LogP contribution in [0.4, 0.5) is 0 Å². The number of hydrogen-bond acceptors (Lipinski definition) is 2.